The zero-order valence-electron chi connectivity index (χ0n) is 31.7. The van der Waals surface area contributed by atoms with Crippen LogP contribution in [0.2, 0.25) is 0 Å². The second-order valence-electron chi connectivity index (χ2n) is 16.5. The van der Waals surface area contributed by atoms with Gasteiger partial charge in [0.05, 0.1) is 6.04 Å². The maximum Gasteiger partial charge on any atom is 0.407 e. The van der Waals surface area contributed by atoms with E-state index in [1.807, 2.05) is 23.1 Å². The minimum Gasteiger partial charge on any atom is -0.444 e. The molecule has 0 bridgehead atoms. The third kappa shape index (κ3) is 9.24. The smallest absolute Gasteiger partial charge is 0.407 e. The van der Waals surface area contributed by atoms with E-state index in [0.717, 1.165) is 55.8 Å². The second-order valence-corrected chi connectivity index (χ2v) is 17.7. The first kappa shape index (κ1) is 39.2. The van der Waals surface area contributed by atoms with Crippen LogP contribution in [0, 0.1) is 23.7 Å². The van der Waals surface area contributed by atoms with E-state index in [9.17, 15) is 27.8 Å². The van der Waals surface area contributed by atoms with E-state index in [-0.39, 0.29) is 29.6 Å². The molecule has 0 radical (unpaired) electrons. The molecule has 4 fully saturated rings. The van der Waals surface area contributed by atoms with E-state index >= 15 is 0 Å². The Morgan fingerprint density at radius 3 is 2.28 bits per heavy atom. The van der Waals surface area contributed by atoms with E-state index in [0.29, 0.717) is 62.6 Å². The standard InChI is InChI=1S/C39H57FN6O6S/c1-39(2,3)52-38(50)42-31(24-40)26-12-14-27(15-13-26)37(49)46-21-18-30(25-10-6-5-7-11-25)34(46)36(48)41-29-16-17-32-28(22-29)23-33(44(32)4)35(47)43-53(51)45-19-8-9-20-45/h16-17,22-23,25-27,30-31,34H,5-15,18-21,24H2,1-4H3,(H,41,48)(H,42,50)(H,43,47)/t26?,27?,30-,31+,34-,53?/m0/s1. The number of anilines is 1. The van der Waals surface area contributed by atoms with Gasteiger partial charge < -0.3 is 24.8 Å². The van der Waals surface area contributed by atoms with E-state index < -0.39 is 47.5 Å². The summed E-state index contributed by atoms with van der Waals surface area (Å²) in [6.45, 7) is 6.49. The van der Waals surface area contributed by atoms with Crippen molar-refractivity contribution in [3.05, 3.63) is 30.0 Å². The van der Waals surface area contributed by atoms with Crippen LogP contribution >= 0.6 is 0 Å². The summed E-state index contributed by atoms with van der Waals surface area (Å²) in [4.78, 5) is 55.8. The summed E-state index contributed by atoms with van der Waals surface area (Å²) in [5.41, 5.74) is 1.06. The van der Waals surface area contributed by atoms with Crippen LogP contribution in [0.25, 0.3) is 10.9 Å². The molecule has 2 aliphatic carbocycles. The number of hydrogen-bond donors (Lipinski definition) is 3. The van der Waals surface area contributed by atoms with Gasteiger partial charge in [-0.15, -0.1) is 0 Å². The Morgan fingerprint density at radius 1 is 0.925 bits per heavy atom. The van der Waals surface area contributed by atoms with Crippen molar-refractivity contribution in [1.29, 1.82) is 0 Å². The molecule has 2 saturated carbocycles. The lowest BCUT2D eigenvalue weighted by atomic mass is 9.76. The first-order chi connectivity index (χ1) is 25.3. The van der Waals surface area contributed by atoms with Crippen molar-refractivity contribution in [2.24, 2.45) is 30.7 Å². The highest BCUT2D eigenvalue weighted by Gasteiger charge is 2.47. The Kier molecular flexibility index (Phi) is 12.5. The van der Waals surface area contributed by atoms with Crippen LogP contribution in [0.1, 0.15) is 108 Å². The lowest BCUT2D eigenvalue weighted by molar-refractivity contribution is -0.142. The normalized spacial score (nSPS) is 25.6. The summed E-state index contributed by atoms with van der Waals surface area (Å²) in [6.07, 6.45) is 9.97. The second kappa shape index (κ2) is 16.9. The fourth-order valence-electron chi connectivity index (χ4n) is 9.11. The van der Waals surface area contributed by atoms with Crippen molar-refractivity contribution in [2.75, 3.05) is 31.6 Å². The van der Waals surface area contributed by atoms with Crippen LogP contribution in [-0.4, -0.2) is 85.8 Å². The molecule has 1 unspecified atom stereocenters. The molecule has 3 heterocycles. The Balaban J connectivity index is 1.13. The highest BCUT2D eigenvalue weighted by atomic mass is 32.2. The van der Waals surface area contributed by atoms with Gasteiger partial charge >= 0.3 is 6.09 Å². The summed E-state index contributed by atoms with van der Waals surface area (Å²) in [5, 5.41) is 6.59. The number of benzene rings is 1. The monoisotopic (exact) mass is 756 g/mol. The molecule has 6 rings (SSSR count). The predicted octanol–water partition coefficient (Wildman–Crippen LogP) is 5.99. The number of aromatic nitrogens is 1. The van der Waals surface area contributed by atoms with Crippen molar-refractivity contribution in [3.8, 4) is 0 Å². The summed E-state index contributed by atoms with van der Waals surface area (Å²) < 4.78 is 38.3. The molecule has 1 aromatic carbocycles. The lowest BCUT2D eigenvalue weighted by Gasteiger charge is -2.37. The average Bonchev–Trinajstić information content (AvgIpc) is 3.90. The first-order valence-corrected chi connectivity index (χ1v) is 20.7. The number of alkyl carbamates (subject to hydrolysis) is 1. The molecule has 14 heteroatoms. The van der Waals surface area contributed by atoms with Crippen LogP contribution in [-0.2, 0) is 32.5 Å². The Bertz CT molecular complexity index is 1670. The summed E-state index contributed by atoms with van der Waals surface area (Å²) in [5.74, 6) is -0.566. The lowest BCUT2D eigenvalue weighted by Crippen LogP contribution is -2.50. The Hall–Kier alpha value is -3.52. The topological polar surface area (TPSA) is 142 Å². The zero-order valence-corrected chi connectivity index (χ0v) is 32.5. The van der Waals surface area contributed by atoms with Gasteiger partial charge in [0.15, 0.2) is 11.2 Å². The van der Waals surface area contributed by atoms with E-state index in [1.54, 1.807) is 42.8 Å². The van der Waals surface area contributed by atoms with Crippen LogP contribution in [0.5, 0.6) is 0 Å². The molecule has 2 aliphatic heterocycles. The SMILES string of the molecule is Cn1c(C(=O)NS(=O)N2CCCC2)cc2cc(NC(=O)[C@@H]3[C@H](C4CCCCC4)CCN3C(=O)C3CCC([C@@H](CF)NC(=O)OC(C)(C)C)CC3)ccc21. The predicted molar refractivity (Wildman–Crippen MR) is 203 cm³/mol. The first-order valence-electron chi connectivity index (χ1n) is 19.6. The number of fused-ring (bicyclic) bond motifs is 1. The molecule has 4 amide bonds. The van der Waals surface area contributed by atoms with E-state index in [1.165, 1.54) is 6.42 Å². The quantitative estimate of drug-likeness (QED) is 0.272. The average molecular weight is 757 g/mol. The van der Waals surface area contributed by atoms with Gasteiger partial charge in [0.1, 0.15) is 24.0 Å². The number of carbonyl (C=O) groups excluding carboxylic acids is 4. The van der Waals surface area contributed by atoms with E-state index in [4.69, 9.17) is 4.74 Å². The molecule has 4 atom stereocenters. The van der Waals surface area contributed by atoms with Crippen LogP contribution in [0.3, 0.4) is 0 Å². The van der Waals surface area contributed by atoms with Gasteiger partial charge in [-0.05, 0) is 108 Å². The molecular weight excluding hydrogens is 700 g/mol. The molecule has 2 aromatic rings. The van der Waals surface area contributed by atoms with Crippen LogP contribution in [0.4, 0.5) is 14.9 Å². The van der Waals surface area contributed by atoms with Crippen molar-refractivity contribution in [3.63, 3.8) is 0 Å². The Labute approximate surface area is 315 Å². The molecule has 53 heavy (non-hydrogen) atoms. The number of nitrogens with one attached hydrogen (secondary N) is 3. The molecular formula is C39H57FN6O6S. The number of likely N-dealkylation sites (tertiary alicyclic amines) is 1. The molecule has 1 aromatic heterocycles. The molecule has 0 spiro atoms. The number of alkyl halides is 1. The zero-order chi connectivity index (χ0) is 37.9. The fraction of sp³-hybridized carbons (Fsp3) is 0.692. The number of carbonyl (C=O) groups is 4. The number of halogens is 1. The Morgan fingerprint density at radius 2 is 1.62 bits per heavy atom. The molecule has 2 saturated heterocycles. The minimum atomic E-state index is -1.60. The number of amides is 4. The maximum absolute atomic E-state index is 14.3. The van der Waals surface area contributed by atoms with Gasteiger partial charge in [0.25, 0.3) is 5.91 Å². The summed E-state index contributed by atoms with van der Waals surface area (Å²) in [6, 6.07) is 5.99. The van der Waals surface area contributed by atoms with Gasteiger partial charge in [-0.3, -0.25) is 19.1 Å². The third-order valence-corrected chi connectivity index (χ3v) is 13.0. The van der Waals surface area contributed by atoms with Gasteiger partial charge in [0, 0.05) is 49.2 Å². The summed E-state index contributed by atoms with van der Waals surface area (Å²) in [7, 11) is 1.79. The largest absolute Gasteiger partial charge is 0.444 e. The number of aryl methyl sites for hydroxylation is 1. The van der Waals surface area contributed by atoms with Gasteiger partial charge in [0.2, 0.25) is 11.8 Å². The molecule has 292 valence electrons. The van der Waals surface area contributed by atoms with Crippen molar-refractivity contribution < 1.29 is 32.5 Å². The maximum atomic E-state index is 14.3. The van der Waals surface area contributed by atoms with Gasteiger partial charge in [-0.2, -0.15) is 0 Å². The molecule has 3 N–H and O–H groups in total. The molecule has 4 aliphatic rings. The number of ether oxygens (including phenoxy) is 1. The van der Waals surface area contributed by atoms with Gasteiger partial charge in [-0.25, -0.2) is 17.7 Å². The number of rotatable bonds is 10. The molecule has 12 nitrogen and oxygen atoms in total. The van der Waals surface area contributed by atoms with Crippen molar-refractivity contribution in [2.45, 2.75) is 116 Å². The third-order valence-electron chi connectivity index (χ3n) is 11.8. The van der Waals surface area contributed by atoms with Crippen LogP contribution in [0.15, 0.2) is 24.3 Å². The van der Waals surface area contributed by atoms with Crippen LogP contribution < -0.4 is 15.4 Å². The van der Waals surface area contributed by atoms with Crippen molar-refractivity contribution in [1.82, 2.24) is 23.8 Å². The fourth-order valence-corrected chi connectivity index (χ4v) is 10.1. The van der Waals surface area contributed by atoms with E-state index in [2.05, 4.69) is 15.4 Å². The summed E-state index contributed by atoms with van der Waals surface area (Å²) >= 11 is -1.60. The number of hydrogen-bond acceptors (Lipinski definition) is 6. The highest BCUT2D eigenvalue weighted by molar-refractivity contribution is 7.81. The minimum absolute atomic E-state index is 0.0145. The van der Waals surface area contributed by atoms with Crippen molar-refractivity contribution >= 4 is 51.6 Å². The van der Waals surface area contributed by atoms with Gasteiger partial charge in [-0.1, -0.05) is 32.1 Å². The highest BCUT2D eigenvalue weighted by Crippen LogP contribution is 2.41. The number of nitrogens with zero attached hydrogens (tertiary/aromatic N) is 3.